The van der Waals surface area contributed by atoms with Crippen molar-refractivity contribution in [3.8, 4) is 0 Å². The summed E-state index contributed by atoms with van der Waals surface area (Å²) in [6.45, 7) is 2.09. The molecule has 1 saturated heterocycles. The van der Waals surface area contributed by atoms with E-state index in [0.717, 1.165) is 29.7 Å². The van der Waals surface area contributed by atoms with Crippen molar-refractivity contribution in [3.05, 3.63) is 41.7 Å². The summed E-state index contributed by atoms with van der Waals surface area (Å²) < 4.78 is 4.85. The molecule has 4 rings (SSSR count). The second-order valence-corrected chi connectivity index (χ2v) is 7.15. The maximum atomic E-state index is 12.8. The third-order valence-corrected chi connectivity index (χ3v) is 5.41. The number of pyridine rings is 1. The molecule has 8 heteroatoms. The Bertz CT molecular complexity index is 982. The van der Waals surface area contributed by atoms with E-state index in [1.165, 1.54) is 24.9 Å². The highest BCUT2D eigenvalue weighted by Gasteiger charge is 2.34. The van der Waals surface area contributed by atoms with E-state index >= 15 is 0 Å². The lowest BCUT2D eigenvalue weighted by Crippen LogP contribution is -2.31. The first-order chi connectivity index (χ1) is 14.1. The van der Waals surface area contributed by atoms with Gasteiger partial charge in [-0.3, -0.25) is 9.78 Å². The van der Waals surface area contributed by atoms with Gasteiger partial charge < -0.3 is 25.0 Å². The van der Waals surface area contributed by atoms with Gasteiger partial charge in [-0.1, -0.05) is 0 Å². The SMILES string of the molecule is COC(=O)C1=C(Nc2ccc(N3CCCC3)c3ncccc23)C(=O)N(CCO)C1. The van der Waals surface area contributed by atoms with E-state index in [4.69, 9.17) is 4.74 Å². The number of esters is 1. The van der Waals surface area contributed by atoms with Crippen LogP contribution in [0.4, 0.5) is 11.4 Å². The first kappa shape index (κ1) is 19.2. The number of carbonyl (C=O) groups is 2. The maximum absolute atomic E-state index is 12.8. The largest absolute Gasteiger partial charge is 0.466 e. The lowest BCUT2D eigenvalue weighted by molar-refractivity contribution is -0.136. The molecule has 0 unspecified atom stereocenters. The molecule has 29 heavy (non-hydrogen) atoms. The first-order valence-electron chi connectivity index (χ1n) is 9.75. The molecule has 0 saturated carbocycles. The summed E-state index contributed by atoms with van der Waals surface area (Å²) >= 11 is 0. The molecule has 2 aromatic rings. The molecule has 152 valence electrons. The van der Waals surface area contributed by atoms with Crippen LogP contribution in [0, 0.1) is 0 Å². The van der Waals surface area contributed by atoms with Crippen LogP contribution in [-0.4, -0.2) is 66.8 Å². The smallest absolute Gasteiger partial charge is 0.337 e. The number of hydrogen-bond donors (Lipinski definition) is 2. The van der Waals surface area contributed by atoms with E-state index in [1.807, 2.05) is 24.3 Å². The number of amides is 1. The van der Waals surface area contributed by atoms with Crippen LogP contribution in [-0.2, 0) is 14.3 Å². The Balaban J connectivity index is 1.74. The third kappa shape index (κ3) is 3.51. The van der Waals surface area contributed by atoms with Crippen molar-refractivity contribution < 1.29 is 19.4 Å². The fraction of sp³-hybridized carbons (Fsp3) is 0.381. The summed E-state index contributed by atoms with van der Waals surface area (Å²) in [6, 6.07) is 7.73. The second kappa shape index (κ2) is 8.08. The molecule has 1 aromatic heterocycles. The van der Waals surface area contributed by atoms with E-state index in [-0.39, 0.29) is 36.9 Å². The number of nitrogens with zero attached hydrogens (tertiary/aromatic N) is 3. The molecule has 8 nitrogen and oxygen atoms in total. The molecule has 1 fully saturated rings. The zero-order valence-electron chi connectivity index (χ0n) is 16.4. The summed E-state index contributed by atoms with van der Waals surface area (Å²) in [7, 11) is 1.29. The fourth-order valence-electron chi connectivity index (χ4n) is 3.96. The van der Waals surface area contributed by atoms with Gasteiger partial charge in [-0.2, -0.15) is 0 Å². The Labute approximate surface area is 168 Å². The number of aromatic nitrogens is 1. The zero-order valence-corrected chi connectivity index (χ0v) is 16.4. The molecule has 1 amide bonds. The average molecular weight is 396 g/mol. The molecule has 3 heterocycles. The monoisotopic (exact) mass is 396 g/mol. The minimum atomic E-state index is -0.558. The summed E-state index contributed by atoms with van der Waals surface area (Å²) in [4.78, 5) is 33.3. The average Bonchev–Trinajstić information content (AvgIpc) is 3.38. The minimum absolute atomic E-state index is 0.108. The fourth-order valence-corrected chi connectivity index (χ4v) is 3.96. The van der Waals surface area contributed by atoms with E-state index < -0.39 is 5.97 Å². The number of nitrogens with one attached hydrogen (secondary N) is 1. The Morgan fingerprint density at radius 3 is 2.79 bits per heavy atom. The van der Waals surface area contributed by atoms with Crippen LogP contribution in [0.5, 0.6) is 0 Å². The number of rotatable bonds is 6. The molecule has 2 aliphatic heterocycles. The van der Waals surface area contributed by atoms with E-state index in [9.17, 15) is 14.7 Å². The highest BCUT2D eigenvalue weighted by atomic mass is 16.5. The van der Waals surface area contributed by atoms with Gasteiger partial charge in [-0.15, -0.1) is 0 Å². The number of fused-ring (bicyclic) bond motifs is 1. The summed E-state index contributed by atoms with van der Waals surface area (Å²) in [5.74, 6) is -0.891. The van der Waals surface area contributed by atoms with Gasteiger partial charge in [0.1, 0.15) is 5.70 Å². The molecule has 0 radical (unpaired) electrons. The van der Waals surface area contributed by atoms with Gasteiger partial charge in [-0.25, -0.2) is 4.79 Å². The van der Waals surface area contributed by atoms with Gasteiger partial charge >= 0.3 is 5.97 Å². The molecule has 0 spiro atoms. The second-order valence-electron chi connectivity index (χ2n) is 7.15. The van der Waals surface area contributed by atoms with Crippen molar-refractivity contribution in [2.24, 2.45) is 0 Å². The summed E-state index contributed by atoms with van der Waals surface area (Å²) in [6.07, 6.45) is 4.09. The van der Waals surface area contributed by atoms with Gasteiger partial charge in [0.25, 0.3) is 5.91 Å². The number of aliphatic hydroxyl groups is 1. The number of anilines is 2. The molecule has 2 N–H and O–H groups in total. The van der Waals surface area contributed by atoms with Crippen molar-refractivity contribution in [2.45, 2.75) is 12.8 Å². The van der Waals surface area contributed by atoms with E-state index in [0.29, 0.717) is 5.69 Å². The molecule has 0 atom stereocenters. The topological polar surface area (TPSA) is 95.0 Å². The molecule has 1 aromatic carbocycles. The zero-order chi connectivity index (χ0) is 20.4. The highest BCUT2D eigenvalue weighted by molar-refractivity contribution is 6.10. The van der Waals surface area contributed by atoms with Crippen LogP contribution in [0.2, 0.25) is 0 Å². The number of β-amino-alcohol motifs (C(OH)–C–C–N with tert-alkyl or cyclic N) is 1. The summed E-state index contributed by atoms with van der Waals surface area (Å²) in [5.41, 5.74) is 3.07. The first-order valence-corrected chi connectivity index (χ1v) is 9.75. The van der Waals surface area contributed by atoms with Crippen LogP contribution in [0.3, 0.4) is 0 Å². The lowest BCUT2D eigenvalue weighted by Gasteiger charge is -2.21. The van der Waals surface area contributed by atoms with Crippen LogP contribution in [0.15, 0.2) is 41.7 Å². The minimum Gasteiger partial charge on any atom is -0.466 e. The van der Waals surface area contributed by atoms with Crippen molar-refractivity contribution in [3.63, 3.8) is 0 Å². The van der Waals surface area contributed by atoms with Crippen LogP contribution in [0.25, 0.3) is 10.9 Å². The number of ether oxygens (including phenoxy) is 1. The van der Waals surface area contributed by atoms with Crippen LogP contribution in [0.1, 0.15) is 12.8 Å². The number of aliphatic hydroxyl groups excluding tert-OH is 1. The summed E-state index contributed by atoms with van der Waals surface area (Å²) in [5, 5.41) is 13.2. The Kier molecular flexibility index (Phi) is 5.35. The van der Waals surface area contributed by atoms with Crippen molar-refractivity contribution in [1.82, 2.24) is 9.88 Å². The Morgan fingerprint density at radius 2 is 2.07 bits per heavy atom. The van der Waals surface area contributed by atoms with Gasteiger partial charge in [0.15, 0.2) is 0 Å². The van der Waals surface area contributed by atoms with Crippen LogP contribution >= 0.6 is 0 Å². The lowest BCUT2D eigenvalue weighted by atomic mass is 10.1. The Morgan fingerprint density at radius 1 is 1.28 bits per heavy atom. The van der Waals surface area contributed by atoms with Gasteiger partial charge in [0.05, 0.1) is 37.0 Å². The number of methoxy groups -OCH3 is 1. The van der Waals surface area contributed by atoms with Crippen molar-refractivity contribution in [1.29, 1.82) is 0 Å². The van der Waals surface area contributed by atoms with Crippen molar-refractivity contribution in [2.75, 3.05) is 50.1 Å². The van der Waals surface area contributed by atoms with E-state index in [2.05, 4.69) is 15.2 Å². The van der Waals surface area contributed by atoms with E-state index in [1.54, 1.807) is 6.20 Å². The molecular formula is C21H24N4O4. The Hall–Kier alpha value is -3.13. The molecule has 2 aliphatic rings. The van der Waals surface area contributed by atoms with Gasteiger partial charge in [0.2, 0.25) is 0 Å². The van der Waals surface area contributed by atoms with Crippen molar-refractivity contribution >= 4 is 34.2 Å². The van der Waals surface area contributed by atoms with Crippen LogP contribution < -0.4 is 10.2 Å². The highest BCUT2D eigenvalue weighted by Crippen LogP contribution is 2.34. The maximum Gasteiger partial charge on any atom is 0.337 e. The normalized spacial score (nSPS) is 16.8. The number of carbonyl (C=O) groups excluding carboxylic acids is 2. The molecule has 0 bridgehead atoms. The number of hydrogen-bond acceptors (Lipinski definition) is 7. The molecule has 0 aliphatic carbocycles. The quantitative estimate of drug-likeness (QED) is 0.715. The van der Waals surface area contributed by atoms with Gasteiger partial charge in [0, 0.05) is 36.9 Å². The predicted molar refractivity (Wildman–Crippen MR) is 110 cm³/mol. The van der Waals surface area contributed by atoms with Gasteiger partial charge in [-0.05, 0) is 37.1 Å². The predicted octanol–water partition coefficient (Wildman–Crippen LogP) is 1.51. The molecular weight excluding hydrogens is 372 g/mol. The third-order valence-electron chi connectivity index (χ3n) is 5.41. The standard InChI is InChI=1S/C21H24N4O4/c1-29-21(28)15-13-25(11-12-26)20(27)19(15)23-16-6-7-17(24-9-2-3-10-24)18-14(16)5-4-8-22-18/h4-8,23,26H,2-3,9-13H2,1H3. The number of benzene rings is 1.